The second-order valence-electron chi connectivity index (χ2n) is 9.45. The molecule has 0 aliphatic rings. The molecule has 40 heavy (non-hydrogen) atoms. The molecule has 0 bridgehead atoms. The van der Waals surface area contributed by atoms with Gasteiger partial charge in [0.25, 0.3) is 0 Å². The third kappa shape index (κ3) is 6.47. The first kappa shape index (κ1) is 29.9. The third-order valence-electron chi connectivity index (χ3n) is 5.99. The van der Waals surface area contributed by atoms with Crippen LogP contribution in [0, 0.1) is 25.2 Å². The maximum absolute atomic E-state index is 13.5. The monoisotopic (exact) mass is 563 g/mol. The summed E-state index contributed by atoms with van der Waals surface area (Å²) in [6, 6.07) is 8.67. The highest BCUT2D eigenvalue weighted by Gasteiger charge is 2.22. The number of anilines is 1. The van der Waals surface area contributed by atoms with Crippen LogP contribution in [0.1, 0.15) is 55.0 Å². The Labute approximate surface area is 236 Å². The molecule has 11 nitrogen and oxygen atoms in total. The van der Waals surface area contributed by atoms with Gasteiger partial charge in [-0.3, -0.25) is 19.6 Å². The number of amidine groups is 1. The van der Waals surface area contributed by atoms with Gasteiger partial charge in [-0.05, 0) is 58.4 Å². The number of fused-ring (bicyclic) bond motifs is 1. The van der Waals surface area contributed by atoms with Crippen molar-refractivity contribution in [3.8, 4) is 6.07 Å². The standard InChI is InChI=1S/C28H30ClN7O4/c1-15-9-19(17(3)34-21-7-8-22(29)35-23(21)27(32-6)36-39-14-37)26-20(10-15)24(38)16(2)25(40-26)18(11-30)12-33-28(4,5)13-31/h7-12,14,17,34H,30H2,1-6H3,(H,32,36)/b18-11+,33-12?. The normalized spacial score (nSPS) is 13.2. The zero-order chi connectivity index (χ0) is 29.6. The number of aryl methyl sites for hydroxylation is 1. The van der Waals surface area contributed by atoms with Crippen LogP contribution in [0.25, 0.3) is 16.5 Å². The number of carbonyl (C=O) groups is 1. The molecular formula is C28H30ClN7O4. The SMILES string of the molecule is CN=C(NOC=O)c1nc(Cl)ccc1NC(C)c1cc(C)cc2c(=O)c(C)c(/C(C=NC(C)(C)C#N)=C/N)oc12. The van der Waals surface area contributed by atoms with Crippen LogP contribution in [-0.4, -0.2) is 36.1 Å². The van der Waals surface area contributed by atoms with Crippen LogP contribution in [0.15, 0.2) is 49.7 Å². The number of carbonyl (C=O) groups excluding carboxylic acids is 1. The number of halogens is 1. The van der Waals surface area contributed by atoms with Crippen molar-refractivity contribution in [3.05, 3.63) is 74.0 Å². The molecule has 1 unspecified atom stereocenters. The number of allylic oxidation sites excluding steroid dienone is 1. The third-order valence-corrected chi connectivity index (χ3v) is 6.20. The van der Waals surface area contributed by atoms with Crippen LogP contribution in [0.5, 0.6) is 0 Å². The van der Waals surface area contributed by atoms with E-state index in [1.165, 1.54) is 19.5 Å². The van der Waals surface area contributed by atoms with Gasteiger partial charge >= 0.3 is 6.47 Å². The second-order valence-corrected chi connectivity index (χ2v) is 9.84. The first-order chi connectivity index (χ1) is 19.0. The van der Waals surface area contributed by atoms with Gasteiger partial charge in [0.05, 0.1) is 28.8 Å². The average molecular weight is 564 g/mol. The van der Waals surface area contributed by atoms with Gasteiger partial charge in [0.15, 0.2) is 11.3 Å². The summed E-state index contributed by atoms with van der Waals surface area (Å²) in [7, 11) is 1.50. The van der Waals surface area contributed by atoms with Gasteiger partial charge in [0.1, 0.15) is 27.7 Å². The first-order valence-corrected chi connectivity index (χ1v) is 12.6. The Balaban J connectivity index is 2.17. The molecule has 0 saturated heterocycles. The molecule has 208 valence electrons. The summed E-state index contributed by atoms with van der Waals surface area (Å²) in [6.45, 7) is 8.97. The number of benzene rings is 1. The summed E-state index contributed by atoms with van der Waals surface area (Å²) in [5.74, 6) is 0.416. The molecule has 0 saturated carbocycles. The Morgan fingerprint density at radius 3 is 2.67 bits per heavy atom. The van der Waals surface area contributed by atoms with Crippen molar-refractivity contribution in [2.75, 3.05) is 12.4 Å². The predicted molar refractivity (Wildman–Crippen MR) is 156 cm³/mol. The van der Waals surface area contributed by atoms with Gasteiger partial charge in [-0.2, -0.15) is 10.7 Å². The number of rotatable bonds is 9. The highest BCUT2D eigenvalue weighted by Crippen LogP contribution is 2.31. The zero-order valence-corrected chi connectivity index (χ0v) is 23.8. The molecule has 0 spiro atoms. The molecule has 0 fully saturated rings. The van der Waals surface area contributed by atoms with Crippen molar-refractivity contribution in [2.24, 2.45) is 15.7 Å². The molecule has 1 aromatic carbocycles. The summed E-state index contributed by atoms with van der Waals surface area (Å²) in [6.07, 6.45) is 2.72. The minimum atomic E-state index is -0.989. The summed E-state index contributed by atoms with van der Waals surface area (Å²) in [5.41, 5.74) is 10.6. The van der Waals surface area contributed by atoms with Gasteiger partial charge in [0.2, 0.25) is 0 Å². The van der Waals surface area contributed by atoms with E-state index in [-0.39, 0.29) is 28.6 Å². The van der Waals surface area contributed by atoms with Gasteiger partial charge in [0, 0.05) is 30.6 Å². The van der Waals surface area contributed by atoms with Crippen LogP contribution in [0.3, 0.4) is 0 Å². The number of pyridine rings is 1. The Bertz CT molecular complexity index is 1630. The van der Waals surface area contributed by atoms with Gasteiger partial charge in [-0.15, -0.1) is 0 Å². The number of hydroxylamine groups is 1. The van der Waals surface area contributed by atoms with Crippen molar-refractivity contribution >= 4 is 52.4 Å². The van der Waals surface area contributed by atoms with Crippen molar-refractivity contribution < 1.29 is 14.0 Å². The number of nitriles is 1. The number of aliphatic imine (C=N–C) groups is 2. The largest absolute Gasteiger partial charge is 0.455 e. The van der Waals surface area contributed by atoms with E-state index in [2.05, 4.69) is 36.7 Å². The molecule has 0 amide bonds. The number of nitrogens with one attached hydrogen (secondary N) is 2. The minimum absolute atomic E-state index is 0.167. The smallest absolute Gasteiger partial charge is 0.320 e. The van der Waals surface area contributed by atoms with E-state index < -0.39 is 11.6 Å². The Morgan fingerprint density at radius 2 is 2.05 bits per heavy atom. The van der Waals surface area contributed by atoms with Crippen molar-refractivity contribution in [2.45, 2.75) is 46.2 Å². The molecule has 4 N–H and O–H groups in total. The molecule has 0 radical (unpaired) electrons. The van der Waals surface area contributed by atoms with E-state index >= 15 is 0 Å². The van der Waals surface area contributed by atoms with E-state index in [1.54, 1.807) is 39.0 Å². The second kappa shape index (κ2) is 12.4. The maximum atomic E-state index is 13.5. The predicted octanol–water partition coefficient (Wildman–Crippen LogP) is 4.36. The highest BCUT2D eigenvalue weighted by molar-refractivity contribution is 6.29. The van der Waals surface area contributed by atoms with Crippen LogP contribution >= 0.6 is 11.6 Å². The van der Waals surface area contributed by atoms with Crippen molar-refractivity contribution in [3.63, 3.8) is 0 Å². The topological polar surface area (TPSA) is 168 Å². The zero-order valence-electron chi connectivity index (χ0n) is 23.0. The lowest BCUT2D eigenvalue weighted by Crippen LogP contribution is -2.27. The van der Waals surface area contributed by atoms with Gasteiger partial charge in [-0.1, -0.05) is 17.7 Å². The number of hydrogen-bond donors (Lipinski definition) is 3. The molecule has 3 rings (SSSR count). The Kier molecular flexibility index (Phi) is 9.29. The van der Waals surface area contributed by atoms with E-state index in [9.17, 15) is 14.9 Å². The fraction of sp³-hybridized carbons (Fsp3) is 0.286. The summed E-state index contributed by atoms with van der Waals surface area (Å²) in [4.78, 5) is 41.6. The molecule has 0 aliphatic heterocycles. The van der Waals surface area contributed by atoms with E-state index in [0.717, 1.165) is 5.56 Å². The molecule has 3 aromatic rings. The first-order valence-electron chi connectivity index (χ1n) is 12.2. The summed E-state index contributed by atoms with van der Waals surface area (Å²) >= 11 is 6.13. The lowest BCUT2D eigenvalue weighted by molar-refractivity contribution is -0.132. The Morgan fingerprint density at radius 1 is 1.32 bits per heavy atom. The fourth-order valence-corrected chi connectivity index (χ4v) is 4.07. The Hall–Kier alpha value is -4.69. The van der Waals surface area contributed by atoms with E-state index in [0.29, 0.717) is 39.1 Å². The number of aromatic nitrogens is 1. The van der Waals surface area contributed by atoms with Gasteiger partial charge < -0.3 is 20.3 Å². The molecule has 2 aromatic heterocycles. The number of nitrogens with zero attached hydrogens (tertiary/aromatic N) is 4. The van der Waals surface area contributed by atoms with Crippen LogP contribution in [-0.2, 0) is 9.63 Å². The van der Waals surface area contributed by atoms with E-state index in [4.69, 9.17) is 21.8 Å². The van der Waals surface area contributed by atoms with Crippen molar-refractivity contribution in [1.29, 1.82) is 5.26 Å². The summed E-state index contributed by atoms with van der Waals surface area (Å²) in [5, 5.41) is 13.3. The van der Waals surface area contributed by atoms with Gasteiger partial charge in [-0.25, -0.2) is 4.98 Å². The molecule has 12 heteroatoms. The molecule has 2 heterocycles. The number of hydrogen-bond acceptors (Lipinski definition) is 10. The van der Waals surface area contributed by atoms with Crippen molar-refractivity contribution in [1.82, 2.24) is 10.5 Å². The minimum Gasteiger partial charge on any atom is -0.455 e. The molecule has 0 aliphatic carbocycles. The van der Waals surface area contributed by atoms with E-state index in [1.807, 2.05) is 19.9 Å². The average Bonchev–Trinajstić information content (AvgIpc) is 2.93. The van der Waals surface area contributed by atoms with Crippen LogP contribution in [0.4, 0.5) is 5.69 Å². The highest BCUT2D eigenvalue weighted by atomic mass is 35.5. The lowest BCUT2D eigenvalue weighted by atomic mass is 9.99. The lowest BCUT2D eigenvalue weighted by Gasteiger charge is -2.21. The van der Waals surface area contributed by atoms with Crippen LogP contribution < -0.4 is 22.0 Å². The summed E-state index contributed by atoms with van der Waals surface area (Å²) < 4.78 is 6.35. The number of nitrogens with two attached hydrogens (primary N) is 1. The fourth-order valence-electron chi connectivity index (χ4n) is 3.92. The maximum Gasteiger partial charge on any atom is 0.320 e. The van der Waals surface area contributed by atoms with Crippen LogP contribution in [0.2, 0.25) is 5.15 Å². The molecular weight excluding hydrogens is 534 g/mol. The quantitative estimate of drug-likeness (QED) is 0.113. The molecule has 1 atom stereocenters.